The second kappa shape index (κ2) is 8.24. The molecular weight excluding hydrogens is 326 g/mol. The maximum Gasteiger partial charge on any atom is 0.214 e. The highest BCUT2D eigenvalue weighted by atomic mass is 32.2. The Kier molecular flexibility index (Phi) is 5.79. The van der Waals surface area contributed by atoms with Crippen LogP contribution in [0.15, 0.2) is 46.9 Å². The molecule has 0 fully saturated rings. The van der Waals surface area contributed by atoms with Gasteiger partial charge in [0.05, 0.1) is 17.1 Å². The monoisotopic (exact) mass is 346 g/mol. The molecule has 5 nitrogen and oxygen atoms in total. The molecule has 0 amide bonds. The number of rotatable bonds is 8. The van der Waals surface area contributed by atoms with Gasteiger partial charge in [0.25, 0.3) is 0 Å². The molecule has 7 heteroatoms. The van der Waals surface area contributed by atoms with Crippen LogP contribution in [0.1, 0.15) is 16.9 Å². The predicted octanol–water partition coefficient (Wildman–Crippen LogP) is 2.28. The fraction of sp³-hybridized carbons (Fsp3) is 0.312. The van der Waals surface area contributed by atoms with Gasteiger partial charge in [-0.3, -0.25) is 0 Å². The van der Waals surface area contributed by atoms with Crippen LogP contribution in [0.5, 0.6) is 0 Å². The molecule has 3 rings (SSSR count). The van der Waals surface area contributed by atoms with E-state index in [2.05, 4.69) is 39.2 Å². The van der Waals surface area contributed by atoms with Crippen molar-refractivity contribution in [3.63, 3.8) is 0 Å². The van der Waals surface area contributed by atoms with Gasteiger partial charge in [-0.05, 0) is 46.5 Å². The van der Waals surface area contributed by atoms with Crippen molar-refractivity contribution in [2.75, 3.05) is 12.3 Å². The van der Waals surface area contributed by atoms with Gasteiger partial charge in [0.1, 0.15) is 6.54 Å². The first kappa shape index (κ1) is 16.2. The molecule has 1 aromatic carbocycles. The first-order valence-corrected chi connectivity index (χ1v) is 9.52. The summed E-state index contributed by atoms with van der Waals surface area (Å²) in [4.78, 5) is 1.48. The Morgan fingerprint density at radius 3 is 2.87 bits per heavy atom. The van der Waals surface area contributed by atoms with Crippen LogP contribution in [-0.4, -0.2) is 32.5 Å². The largest absolute Gasteiger partial charge is 0.342 e. The van der Waals surface area contributed by atoms with Crippen molar-refractivity contribution in [1.29, 1.82) is 0 Å². The van der Waals surface area contributed by atoms with Crippen LogP contribution in [0.3, 0.4) is 0 Å². The van der Waals surface area contributed by atoms with Gasteiger partial charge in [-0.25, -0.2) is 0 Å². The number of thioether (sulfide) groups is 1. The highest BCUT2D eigenvalue weighted by Crippen LogP contribution is 2.18. The van der Waals surface area contributed by atoms with Crippen molar-refractivity contribution >= 4 is 23.1 Å². The highest BCUT2D eigenvalue weighted by molar-refractivity contribution is 7.99. The summed E-state index contributed by atoms with van der Waals surface area (Å²) in [5.41, 5.74) is 2.40. The zero-order valence-corrected chi connectivity index (χ0v) is 14.7. The van der Waals surface area contributed by atoms with Gasteiger partial charge in [-0.1, -0.05) is 30.0 Å². The quantitative estimate of drug-likeness (QED) is 0.502. The number of hydrogen-bond acceptors (Lipinski definition) is 5. The Balaban J connectivity index is 1.42. The lowest BCUT2D eigenvalue weighted by Gasteiger charge is -2.04. The van der Waals surface area contributed by atoms with E-state index in [9.17, 15) is 0 Å². The van der Waals surface area contributed by atoms with Crippen molar-refractivity contribution < 1.29 is 5.32 Å². The standard InChI is InChI=1S/C16H19N5S2/c1-13-8-11-22-15(13)12-17-9-5-10-23-16-18-19-20-21(16)14-6-3-2-4-7-14/h2-4,6-8,11,17H,5,9-10,12H2,1H3/p+1. The molecule has 3 aromatic rings. The molecule has 0 saturated carbocycles. The van der Waals surface area contributed by atoms with Gasteiger partial charge in [-0.15, -0.1) is 16.4 Å². The van der Waals surface area contributed by atoms with Crippen LogP contribution in [-0.2, 0) is 6.54 Å². The molecule has 0 bridgehead atoms. The fourth-order valence-corrected chi connectivity index (χ4v) is 3.99. The summed E-state index contributed by atoms with van der Waals surface area (Å²) >= 11 is 3.55. The predicted molar refractivity (Wildman–Crippen MR) is 94.0 cm³/mol. The first-order valence-electron chi connectivity index (χ1n) is 7.66. The van der Waals surface area contributed by atoms with Crippen molar-refractivity contribution in [2.45, 2.75) is 25.0 Å². The molecule has 0 radical (unpaired) electrons. The smallest absolute Gasteiger partial charge is 0.214 e. The molecule has 0 spiro atoms. The number of nitrogens with zero attached hydrogens (tertiary/aromatic N) is 4. The molecule has 23 heavy (non-hydrogen) atoms. The van der Waals surface area contributed by atoms with Crippen molar-refractivity contribution in [2.24, 2.45) is 0 Å². The van der Waals surface area contributed by atoms with Gasteiger partial charge in [0.2, 0.25) is 5.16 Å². The van der Waals surface area contributed by atoms with Gasteiger partial charge >= 0.3 is 0 Å². The molecule has 0 aliphatic heterocycles. The average Bonchev–Trinajstić information content (AvgIpc) is 3.21. The van der Waals surface area contributed by atoms with E-state index in [1.807, 2.05) is 41.7 Å². The second-order valence-corrected chi connectivity index (χ2v) is 7.28. The Hall–Kier alpha value is -1.70. The van der Waals surface area contributed by atoms with Gasteiger partial charge in [0, 0.05) is 12.2 Å². The summed E-state index contributed by atoms with van der Waals surface area (Å²) in [6.45, 7) is 4.38. The SMILES string of the molecule is Cc1ccsc1C[NH2+]CCCSc1nnnn1-c1ccccc1. The summed E-state index contributed by atoms with van der Waals surface area (Å²) in [5, 5.41) is 17.4. The Morgan fingerprint density at radius 1 is 1.22 bits per heavy atom. The van der Waals surface area contributed by atoms with E-state index in [0.717, 1.165) is 36.1 Å². The molecule has 0 atom stereocenters. The lowest BCUT2D eigenvalue weighted by atomic mass is 10.3. The molecule has 0 aliphatic carbocycles. The molecular formula is C16H20N5S2+. The van der Waals surface area contributed by atoms with E-state index >= 15 is 0 Å². The van der Waals surface area contributed by atoms with Crippen LogP contribution < -0.4 is 5.32 Å². The number of aryl methyl sites for hydroxylation is 1. The van der Waals surface area contributed by atoms with Gasteiger partial charge < -0.3 is 5.32 Å². The minimum absolute atomic E-state index is 0.852. The molecule has 0 aliphatic rings. The maximum absolute atomic E-state index is 4.12. The maximum atomic E-state index is 4.12. The molecule has 2 aromatic heterocycles. The second-order valence-electron chi connectivity index (χ2n) is 5.22. The van der Waals surface area contributed by atoms with E-state index in [-0.39, 0.29) is 0 Å². The van der Waals surface area contributed by atoms with Crippen LogP contribution in [0, 0.1) is 6.92 Å². The van der Waals surface area contributed by atoms with Crippen LogP contribution >= 0.6 is 23.1 Å². The van der Waals surface area contributed by atoms with Crippen LogP contribution in [0.4, 0.5) is 0 Å². The minimum Gasteiger partial charge on any atom is -0.342 e. The minimum atomic E-state index is 0.852. The van der Waals surface area contributed by atoms with E-state index < -0.39 is 0 Å². The van der Waals surface area contributed by atoms with Crippen LogP contribution in [0.25, 0.3) is 5.69 Å². The van der Waals surface area contributed by atoms with Crippen molar-refractivity contribution in [3.8, 4) is 5.69 Å². The third kappa shape index (κ3) is 4.40. The summed E-state index contributed by atoms with van der Waals surface area (Å²) in [7, 11) is 0. The Morgan fingerprint density at radius 2 is 2.09 bits per heavy atom. The summed E-state index contributed by atoms with van der Waals surface area (Å²) in [6.07, 6.45) is 1.14. The number of benzene rings is 1. The lowest BCUT2D eigenvalue weighted by Crippen LogP contribution is -2.82. The van der Waals surface area contributed by atoms with E-state index in [1.54, 1.807) is 16.4 Å². The summed E-state index contributed by atoms with van der Waals surface area (Å²) in [6, 6.07) is 12.2. The van der Waals surface area contributed by atoms with E-state index in [4.69, 9.17) is 0 Å². The van der Waals surface area contributed by atoms with Crippen LogP contribution in [0.2, 0.25) is 0 Å². The van der Waals surface area contributed by atoms with Crippen molar-refractivity contribution in [3.05, 3.63) is 52.2 Å². The van der Waals surface area contributed by atoms with Gasteiger partial charge in [0.15, 0.2) is 0 Å². The summed E-state index contributed by atoms with van der Waals surface area (Å²) in [5.74, 6) is 1.02. The highest BCUT2D eigenvalue weighted by Gasteiger charge is 2.08. The number of thiophene rings is 1. The lowest BCUT2D eigenvalue weighted by molar-refractivity contribution is -0.669. The van der Waals surface area contributed by atoms with Gasteiger partial charge in [-0.2, -0.15) is 4.68 Å². The molecule has 0 unspecified atom stereocenters. The summed E-state index contributed by atoms with van der Waals surface area (Å²) < 4.78 is 1.80. The Bertz CT molecular complexity index is 723. The fourth-order valence-electron chi connectivity index (χ4n) is 2.24. The molecule has 2 heterocycles. The average molecular weight is 347 g/mol. The number of hydrogen-bond donors (Lipinski definition) is 1. The molecule has 0 saturated heterocycles. The van der Waals surface area contributed by atoms with E-state index in [0.29, 0.717) is 0 Å². The molecule has 2 N–H and O–H groups in total. The Labute approximate surface area is 144 Å². The number of tetrazole rings is 1. The first-order chi connectivity index (χ1) is 11.3. The molecule has 120 valence electrons. The number of quaternary nitrogens is 1. The van der Waals surface area contributed by atoms with Crippen molar-refractivity contribution in [1.82, 2.24) is 20.2 Å². The third-order valence-electron chi connectivity index (χ3n) is 3.52. The normalized spacial score (nSPS) is 11.0. The zero-order valence-electron chi connectivity index (χ0n) is 13.1. The number of aromatic nitrogens is 4. The zero-order chi connectivity index (χ0) is 15.9. The third-order valence-corrected chi connectivity index (χ3v) is 5.57. The number of nitrogens with two attached hydrogens (primary N) is 1. The topological polar surface area (TPSA) is 60.2 Å². The van der Waals surface area contributed by atoms with E-state index in [1.165, 1.54) is 10.4 Å². The number of para-hydroxylation sites is 1.